The average Bonchev–Trinajstić information content (AvgIpc) is 2.98. The Morgan fingerprint density at radius 1 is 1.57 bits per heavy atom. The molecule has 5 nitrogen and oxygen atoms in total. The molecule has 0 aliphatic carbocycles. The zero-order valence-corrected chi connectivity index (χ0v) is 14.3. The van der Waals surface area contributed by atoms with E-state index >= 15 is 0 Å². The number of aromatic nitrogens is 1. The number of amides is 1. The van der Waals surface area contributed by atoms with Gasteiger partial charge in [-0.25, -0.2) is 4.98 Å². The average molecular weight is 352 g/mol. The number of carbonyl (C=O) groups excluding carboxylic acids is 1. The molecule has 3 rings (SSSR count). The van der Waals surface area contributed by atoms with Gasteiger partial charge in [0.1, 0.15) is 6.10 Å². The number of anilines is 1. The van der Waals surface area contributed by atoms with Crippen molar-refractivity contribution in [3.63, 3.8) is 0 Å². The number of halogens is 1. The molecule has 2 N–H and O–H groups in total. The van der Waals surface area contributed by atoms with Gasteiger partial charge in [0.2, 0.25) is 0 Å². The second-order valence-corrected chi connectivity index (χ2v) is 6.98. The number of aryl methyl sites for hydroxylation is 1. The van der Waals surface area contributed by atoms with Crippen LogP contribution in [0.5, 0.6) is 0 Å². The number of ether oxygens (including phenoxy) is 1. The highest BCUT2D eigenvalue weighted by atomic mass is 35.5. The smallest absolute Gasteiger partial charge is 0.256 e. The van der Waals surface area contributed by atoms with Gasteiger partial charge in [-0.1, -0.05) is 17.7 Å². The van der Waals surface area contributed by atoms with Crippen molar-refractivity contribution >= 4 is 34.0 Å². The third-order valence-electron chi connectivity index (χ3n) is 3.67. The number of rotatable bonds is 4. The molecule has 23 heavy (non-hydrogen) atoms. The second kappa shape index (κ2) is 7.40. The summed E-state index contributed by atoms with van der Waals surface area (Å²) in [6.45, 7) is 3.91. The topological polar surface area (TPSA) is 63.2 Å². The summed E-state index contributed by atoms with van der Waals surface area (Å²) in [6, 6.07) is 5.87. The molecule has 122 valence electrons. The van der Waals surface area contributed by atoms with Crippen LogP contribution in [0.3, 0.4) is 0 Å². The number of morpholine rings is 1. The minimum Gasteiger partial charge on any atom is -0.366 e. The van der Waals surface area contributed by atoms with E-state index in [1.807, 2.05) is 25.1 Å². The van der Waals surface area contributed by atoms with Gasteiger partial charge in [-0.15, -0.1) is 11.3 Å². The molecule has 7 heteroatoms. The fourth-order valence-electron chi connectivity index (χ4n) is 2.41. The van der Waals surface area contributed by atoms with Crippen molar-refractivity contribution in [1.82, 2.24) is 10.3 Å². The Morgan fingerprint density at radius 2 is 2.43 bits per heavy atom. The first kappa shape index (κ1) is 16.4. The molecule has 1 aromatic heterocycles. The van der Waals surface area contributed by atoms with E-state index in [0.717, 1.165) is 28.4 Å². The summed E-state index contributed by atoms with van der Waals surface area (Å²) < 4.78 is 5.43. The molecule has 1 aromatic carbocycles. The SMILES string of the molecule is Cc1cc(Cl)ccc1Cc1cnc(NC(=O)C2CNCCO2)s1. The molecule has 0 spiro atoms. The maximum Gasteiger partial charge on any atom is 0.256 e. The van der Waals surface area contributed by atoms with Gasteiger partial charge in [0, 0.05) is 35.6 Å². The maximum atomic E-state index is 12.1. The van der Waals surface area contributed by atoms with E-state index in [1.54, 1.807) is 6.20 Å². The highest BCUT2D eigenvalue weighted by molar-refractivity contribution is 7.15. The van der Waals surface area contributed by atoms with Gasteiger partial charge in [0.05, 0.1) is 6.61 Å². The van der Waals surface area contributed by atoms with Crippen LogP contribution in [0.1, 0.15) is 16.0 Å². The summed E-state index contributed by atoms with van der Waals surface area (Å²) in [5, 5.41) is 7.30. The minimum atomic E-state index is -0.449. The van der Waals surface area contributed by atoms with Crippen molar-refractivity contribution < 1.29 is 9.53 Å². The van der Waals surface area contributed by atoms with Crippen LogP contribution in [0.25, 0.3) is 0 Å². The molecule has 1 unspecified atom stereocenters. The van der Waals surface area contributed by atoms with E-state index in [2.05, 4.69) is 15.6 Å². The molecular formula is C16H18ClN3O2S. The van der Waals surface area contributed by atoms with Gasteiger partial charge in [-0.2, -0.15) is 0 Å². The molecule has 0 bridgehead atoms. The molecular weight excluding hydrogens is 334 g/mol. The minimum absolute atomic E-state index is 0.152. The number of hydrogen-bond acceptors (Lipinski definition) is 5. The lowest BCUT2D eigenvalue weighted by atomic mass is 10.1. The third kappa shape index (κ3) is 4.29. The van der Waals surface area contributed by atoms with E-state index in [9.17, 15) is 4.79 Å². The lowest BCUT2D eigenvalue weighted by Gasteiger charge is -2.22. The van der Waals surface area contributed by atoms with E-state index in [1.165, 1.54) is 16.9 Å². The number of benzene rings is 1. The Labute approximate surface area is 144 Å². The molecule has 0 saturated carbocycles. The zero-order valence-electron chi connectivity index (χ0n) is 12.8. The Balaban J connectivity index is 1.62. The second-order valence-electron chi connectivity index (χ2n) is 5.43. The van der Waals surface area contributed by atoms with Crippen molar-refractivity contribution in [1.29, 1.82) is 0 Å². The summed E-state index contributed by atoms with van der Waals surface area (Å²) in [5.41, 5.74) is 2.36. The highest BCUT2D eigenvalue weighted by Gasteiger charge is 2.22. The Kier molecular flexibility index (Phi) is 5.27. The number of nitrogens with one attached hydrogen (secondary N) is 2. The van der Waals surface area contributed by atoms with Crippen LogP contribution in [-0.4, -0.2) is 36.7 Å². The summed E-state index contributed by atoms with van der Waals surface area (Å²) in [6.07, 6.45) is 2.13. The van der Waals surface area contributed by atoms with E-state index in [4.69, 9.17) is 16.3 Å². The van der Waals surface area contributed by atoms with Crippen LogP contribution in [-0.2, 0) is 16.0 Å². The van der Waals surface area contributed by atoms with Gasteiger partial charge in [0.25, 0.3) is 5.91 Å². The quantitative estimate of drug-likeness (QED) is 0.888. The van der Waals surface area contributed by atoms with Gasteiger partial charge in [0.15, 0.2) is 5.13 Å². The van der Waals surface area contributed by atoms with Crippen molar-refractivity contribution in [3.8, 4) is 0 Å². The standard InChI is InChI=1S/C16H18ClN3O2S/c1-10-6-12(17)3-2-11(10)7-13-8-19-16(23-13)20-15(21)14-9-18-4-5-22-14/h2-3,6,8,14,18H,4-5,7,9H2,1H3,(H,19,20,21). The van der Waals surface area contributed by atoms with Crippen molar-refractivity contribution in [2.75, 3.05) is 25.0 Å². The normalized spacial score (nSPS) is 17.9. The summed E-state index contributed by atoms with van der Waals surface area (Å²) in [4.78, 5) is 17.5. The number of carbonyl (C=O) groups is 1. The van der Waals surface area contributed by atoms with Crippen LogP contribution in [0.15, 0.2) is 24.4 Å². The lowest BCUT2D eigenvalue weighted by Crippen LogP contribution is -2.45. The van der Waals surface area contributed by atoms with Crippen LogP contribution in [0.2, 0.25) is 5.02 Å². The first-order chi connectivity index (χ1) is 11.1. The molecule has 2 aromatic rings. The number of thiazole rings is 1. The van der Waals surface area contributed by atoms with Crippen LogP contribution in [0, 0.1) is 6.92 Å². The molecule has 1 amide bonds. The van der Waals surface area contributed by atoms with Crippen LogP contribution in [0.4, 0.5) is 5.13 Å². The first-order valence-electron chi connectivity index (χ1n) is 7.45. The van der Waals surface area contributed by atoms with Crippen molar-refractivity contribution in [3.05, 3.63) is 45.4 Å². The number of nitrogens with zero attached hydrogens (tertiary/aromatic N) is 1. The first-order valence-corrected chi connectivity index (χ1v) is 8.64. The van der Waals surface area contributed by atoms with Gasteiger partial charge in [-0.05, 0) is 30.2 Å². The lowest BCUT2D eigenvalue weighted by molar-refractivity contribution is -0.128. The molecule has 1 aliphatic heterocycles. The predicted octanol–water partition coefficient (Wildman–Crippen LogP) is 2.62. The molecule has 1 atom stereocenters. The van der Waals surface area contributed by atoms with E-state index in [0.29, 0.717) is 18.3 Å². The summed E-state index contributed by atoms with van der Waals surface area (Å²) in [5.74, 6) is -0.152. The van der Waals surface area contributed by atoms with Crippen molar-refractivity contribution in [2.45, 2.75) is 19.4 Å². The van der Waals surface area contributed by atoms with Crippen molar-refractivity contribution in [2.24, 2.45) is 0 Å². The Hall–Kier alpha value is -1.47. The maximum absolute atomic E-state index is 12.1. The molecule has 0 radical (unpaired) electrons. The Morgan fingerprint density at radius 3 is 3.17 bits per heavy atom. The molecule has 1 fully saturated rings. The molecule has 1 aliphatic rings. The van der Waals surface area contributed by atoms with Gasteiger partial charge >= 0.3 is 0 Å². The monoisotopic (exact) mass is 351 g/mol. The van der Waals surface area contributed by atoms with Gasteiger partial charge in [-0.3, -0.25) is 10.1 Å². The van der Waals surface area contributed by atoms with Crippen LogP contribution >= 0.6 is 22.9 Å². The summed E-state index contributed by atoms with van der Waals surface area (Å²) in [7, 11) is 0. The fraction of sp³-hybridized carbons (Fsp3) is 0.375. The third-order valence-corrected chi connectivity index (χ3v) is 4.82. The predicted molar refractivity (Wildman–Crippen MR) is 92.3 cm³/mol. The van der Waals surface area contributed by atoms with E-state index in [-0.39, 0.29) is 5.91 Å². The Bertz CT molecular complexity index is 698. The highest BCUT2D eigenvalue weighted by Crippen LogP contribution is 2.24. The van der Waals surface area contributed by atoms with Gasteiger partial charge < -0.3 is 10.1 Å². The zero-order chi connectivity index (χ0) is 16.2. The summed E-state index contributed by atoms with van der Waals surface area (Å²) >= 11 is 7.46. The molecule has 1 saturated heterocycles. The van der Waals surface area contributed by atoms with Crippen LogP contribution < -0.4 is 10.6 Å². The largest absolute Gasteiger partial charge is 0.366 e. The fourth-order valence-corrected chi connectivity index (χ4v) is 3.48. The number of hydrogen-bond donors (Lipinski definition) is 2. The van der Waals surface area contributed by atoms with E-state index < -0.39 is 6.10 Å². The molecule has 2 heterocycles.